The zero-order valence-corrected chi connectivity index (χ0v) is 18.2. The van der Waals surface area contributed by atoms with Gasteiger partial charge >= 0.3 is 0 Å². The summed E-state index contributed by atoms with van der Waals surface area (Å²) in [5.41, 5.74) is 6.33. The van der Waals surface area contributed by atoms with Gasteiger partial charge in [0.25, 0.3) is 15.9 Å². The first-order chi connectivity index (χ1) is 14.1. The Kier molecular flexibility index (Phi) is 6.56. The number of halogens is 2. The number of nitrogens with zero attached hydrogens (tertiary/aromatic N) is 1. The molecule has 1 unspecified atom stereocenters. The smallest absolute Gasteiger partial charge is 0.261 e. The number of carbonyl (C=O) groups excluding carboxylic acids is 2. The molecule has 0 saturated carbocycles. The topological polar surface area (TPSA) is 119 Å². The van der Waals surface area contributed by atoms with Gasteiger partial charge in [0.05, 0.1) is 34.3 Å². The fourth-order valence-corrected chi connectivity index (χ4v) is 4.34. The minimum absolute atomic E-state index is 0.00778. The maximum Gasteiger partial charge on any atom is 0.261 e. The van der Waals surface area contributed by atoms with E-state index in [9.17, 15) is 18.0 Å². The van der Waals surface area contributed by atoms with Crippen molar-refractivity contribution in [2.45, 2.75) is 17.9 Å². The Morgan fingerprint density at radius 2 is 1.90 bits per heavy atom. The normalized spacial score (nSPS) is 16.9. The average Bonchev–Trinajstić information content (AvgIpc) is 2.70. The first kappa shape index (κ1) is 22.4. The van der Waals surface area contributed by atoms with Crippen LogP contribution in [0.25, 0.3) is 0 Å². The first-order valence-electron chi connectivity index (χ1n) is 8.87. The molecular weight excluding hydrogens is 453 g/mol. The molecule has 1 aliphatic rings. The van der Waals surface area contributed by atoms with Crippen molar-refractivity contribution in [3.63, 3.8) is 0 Å². The van der Waals surface area contributed by atoms with E-state index >= 15 is 0 Å². The minimum Gasteiger partial charge on any atom is -0.367 e. The number of aryl methyl sites for hydroxylation is 1. The molecule has 3 rings (SSSR count). The summed E-state index contributed by atoms with van der Waals surface area (Å²) in [5.74, 6) is -1.21. The Morgan fingerprint density at radius 1 is 1.17 bits per heavy atom. The number of primary amides is 1. The fraction of sp³-hybridized carbons (Fsp3) is 0.263. The van der Waals surface area contributed by atoms with Crippen LogP contribution < -0.4 is 10.5 Å². The van der Waals surface area contributed by atoms with E-state index in [1.165, 1.54) is 29.2 Å². The molecule has 1 saturated heterocycles. The van der Waals surface area contributed by atoms with Crippen LogP contribution in [0, 0.1) is 6.92 Å². The average molecular weight is 472 g/mol. The SMILES string of the molecule is Cc1ccc(NS(=O)(=O)c2ccc(Cl)c(C(=O)N3CCOC(C(N)=O)C3)c2)cc1Cl. The van der Waals surface area contributed by atoms with E-state index in [4.69, 9.17) is 33.7 Å². The van der Waals surface area contributed by atoms with Gasteiger partial charge in [0.1, 0.15) is 0 Å². The molecule has 11 heteroatoms. The lowest BCUT2D eigenvalue weighted by Crippen LogP contribution is -2.50. The quantitative estimate of drug-likeness (QED) is 0.693. The molecule has 0 bridgehead atoms. The van der Waals surface area contributed by atoms with Crippen molar-refractivity contribution < 1.29 is 22.7 Å². The highest BCUT2D eigenvalue weighted by Gasteiger charge is 2.30. The summed E-state index contributed by atoms with van der Waals surface area (Å²) < 4.78 is 33.3. The second kappa shape index (κ2) is 8.81. The number of morpholine rings is 1. The van der Waals surface area contributed by atoms with Crippen molar-refractivity contribution in [3.8, 4) is 0 Å². The summed E-state index contributed by atoms with van der Waals surface area (Å²) in [5, 5.41) is 0.498. The number of hydrogen-bond acceptors (Lipinski definition) is 5. The van der Waals surface area contributed by atoms with Gasteiger partial charge in [0.15, 0.2) is 6.10 Å². The van der Waals surface area contributed by atoms with Gasteiger partial charge < -0.3 is 15.4 Å². The van der Waals surface area contributed by atoms with Crippen LogP contribution in [0.15, 0.2) is 41.3 Å². The van der Waals surface area contributed by atoms with E-state index in [-0.39, 0.29) is 40.9 Å². The highest BCUT2D eigenvalue weighted by molar-refractivity contribution is 7.92. The van der Waals surface area contributed by atoms with Gasteiger partial charge in [-0.1, -0.05) is 29.3 Å². The number of ether oxygens (including phenoxy) is 1. The van der Waals surface area contributed by atoms with Crippen LogP contribution in [0.2, 0.25) is 10.0 Å². The van der Waals surface area contributed by atoms with Gasteiger partial charge in [-0.25, -0.2) is 8.42 Å². The van der Waals surface area contributed by atoms with Gasteiger partial charge in [-0.05, 0) is 42.8 Å². The van der Waals surface area contributed by atoms with E-state index in [0.717, 1.165) is 5.56 Å². The van der Waals surface area contributed by atoms with Crippen molar-refractivity contribution in [1.82, 2.24) is 4.90 Å². The molecule has 0 aromatic heterocycles. The number of benzene rings is 2. The minimum atomic E-state index is -4.01. The maximum absolute atomic E-state index is 12.9. The molecule has 1 aliphatic heterocycles. The van der Waals surface area contributed by atoms with Gasteiger partial charge in [-0.3, -0.25) is 14.3 Å². The Balaban J connectivity index is 1.87. The van der Waals surface area contributed by atoms with E-state index in [1.807, 2.05) is 0 Å². The Hall–Kier alpha value is -2.33. The monoisotopic (exact) mass is 471 g/mol. The molecule has 30 heavy (non-hydrogen) atoms. The third-order valence-corrected chi connectivity index (χ3v) is 6.69. The fourth-order valence-electron chi connectivity index (χ4n) is 2.88. The zero-order valence-electron chi connectivity index (χ0n) is 15.9. The number of nitrogens with two attached hydrogens (primary N) is 1. The molecule has 0 spiro atoms. The molecule has 160 valence electrons. The van der Waals surface area contributed by atoms with Gasteiger partial charge in [-0.15, -0.1) is 0 Å². The lowest BCUT2D eigenvalue weighted by Gasteiger charge is -2.31. The number of nitrogens with one attached hydrogen (secondary N) is 1. The summed E-state index contributed by atoms with van der Waals surface area (Å²) in [6, 6.07) is 8.58. The van der Waals surface area contributed by atoms with E-state index < -0.39 is 27.9 Å². The number of sulfonamides is 1. The second-order valence-electron chi connectivity index (χ2n) is 6.72. The van der Waals surface area contributed by atoms with Crippen molar-refractivity contribution in [2.24, 2.45) is 5.73 Å². The molecule has 0 aliphatic carbocycles. The summed E-state index contributed by atoms with van der Waals surface area (Å²) in [6.07, 6.45) is -0.929. The molecule has 1 atom stereocenters. The largest absolute Gasteiger partial charge is 0.367 e. The van der Waals surface area contributed by atoms with Crippen LogP contribution >= 0.6 is 23.2 Å². The van der Waals surface area contributed by atoms with Crippen LogP contribution in [-0.2, 0) is 19.6 Å². The van der Waals surface area contributed by atoms with Gasteiger partial charge in [0, 0.05) is 11.6 Å². The number of anilines is 1. The summed E-state index contributed by atoms with van der Waals surface area (Å²) >= 11 is 12.2. The molecule has 2 aromatic rings. The summed E-state index contributed by atoms with van der Waals surface area (Å²) in [6.45, 7) is 2.11. The van der Waals surface area contributed by atoms with Crippen molar-refractivity contribution in [1.29, 1.82) is 0 Å². The molecule has 8 nitrogen and oxygen atoms in total. The number of amides is 2. The predicted molar refractivity (Wildman–Crippen MR) is 113 cm³/mol. The first-order valence-corrected chi connectivity index (χ1v) is 11.1. The van der Waals surface area contributed by atoms with E-state index in [0.29, 0.717) is 5.02 Å². The lowest BCUT2D eigenvalue weighted by atomic mass is 10.1. The van der Waals surface area contributed by atoms with Crippen LogP contribution in [-0.4, -0.2) is 50.9 Å². The predicted octanol–water partition coefficient (Wildman–Crippen LogP) is 2.43. The van der Waals surface area contributed by atoms with E-state index in [2.05, 4.69) is 4.72 Å². The molecule has 0 radical (unpaired) electrons. The Bertz CT molecular complexity index is 1110. The van der Waals surface area contributed by atoms with Crippen LogP contribution in [0.1, 0.15) is 15.9 Å². The summed E-state index contributed by atoms with van der Waals surface area (Å²) in [4.78, 5) is 25.5. The van der Waals surface area contributed by atoms with E-state index in [1.54, 1.807) is 19.1 Å². The zero-order chi connectivity index (χ0) is 22.1. The Labute approximate surface area is 183 Å². The van der Waals surface area contributed by atoms with Crippen molar-refractivity contribution in [2.75, 3.05) is 24.4 Å². The van der Waals surface area contributed by atoms with Crippen molar-refractivity contribution in [3.05, 3.63) is 57.6 Å². The van der Waals surface area contributed by atoms with Crippen LogP contribution in [0.3, 0.4) is 0 Å². The highest BCUT2D eigenvalue weighted by Crippen LogP contribution is 2.26. The molecule has 2 amide bonds. The summed E-state index contributed by atoms with van der Waals surface area (Å²) in [7, 11) is -4.01. The third kappa shape index (κ3) is 4.86. The van der Waals surface area contributed by atoms with Crippen molar-refractivity contribution >= 4 is 50.7 Å². The van der Waals surface area contributed by atoms with Gasteiger partial charge in [-0.2, -0.15) is 0 Å². The maximum atomic E-state index is 12.9. The molecule has 1 heterocycles. The van der Waals surface area contributed by atoms with Crippen LogP contribution in [0.4, 0.5) is 5.69 Å². The number of carbonyl (C=O) groups is 2. The molecule has 2 aromatic carbocycles. The standard InChI is InChI=1S/C19H19Cl2N3O5S/c1-11-2-3-12(8-16(11)21)23-30(27,28)13-4-5-15(20)14(9-13)19(26)24-6-7-29-17(10-24)18(22)25/h2-5,8-9,17,23H,6-7,10H2,1H3,(H2,22,25). The van der Waals surface area contributed by atoms with Gasteiger partial charge in [0.2, 0.25) is 5.91 Å². The Morgan fingerprint density at radius 3 is 2.57 bits per heavy atom. The third-order valence-electron chi connectivity index (χ3n) is 4.57. The number of hydrogen-bond donors (Lipinski definition) is 2. The number of rotatable bonds is 5. The molecular formula is C19H19Cl2N3O5S. The lowest BCUT2D eigenvalue weighted by molar-refractivity contribution is -0.133. The van der Waals surface area contributed by atoms with Crippen LogP contribution in [0.5, 0.6) is 0 Å². The second-order valence-corrected chi connectivity index (χ2v) is 9.22. The highest BCUT2D eigenvalue weighted by atomic mass is 35.5. The molecule has 3 N–H and O–H groups in total. The molecule has 1 fully saturated rings.